The number of ether oxygens (including phenoxy) is 3. The van der Waals surface area contributed by atoms with Crippen LogP contribution in [0.4, 0.5) is 35.3 Å². The van der Waals surface area contributed by atoms with Gasteiger partial charge in [-0.2, -0.15) is 13.2 Å². The van der Waals surface area contributed by atoms with Gasteiger partial charge in [0.2, 0.25) is 0 Å². The SMILES string of the molecule is CC1(C)OC[C@@H](COc2ccc(NC(=O)N3c4nc(-c5cccc(C(F)(F)F)c5)c(Cl)cc4N4CCC3C4)nc2)O1. The van der Waals surface area contributed by atoms with Crippen LogP contribution >= 0.6 is 11.6 Å². The van der Waals surface area contributed by atoms with Crippen molar-refractivity contribution in [1.29, 1.82) is 0 Å². The number of nitrogens with zero attached hydrogens (tertiary/aromatic N) is 4. The Bertz CT molecular complexity index is 1470. The fourth-order valence-electron chi connectivity index (χ4n) is 5.27. The molecule has 3 aliphatic heterocycles. The summed E-state index contributed by atoms with van der Waals surface area (Å²) in [5.74, 6) is 0.499. The van der Waals surface area contributed by atoms with E-state index in [9.17, 15) is 18.0 Å². The van der Waals surface area contributed by atoms with Crippen LogP contribution in [-0.2, 0) is 15.7 Å². The number of amides is 2. The molecule has 1 aromatic carbocycles. The van der Waals surface area contributed by atoms with Crippen LogP contribution in [0, 0.1) is 0 Å². The van der Waals surface area contributed by atoms with Gasteiger partial charge < -0.3 is 19.1 Å². The standard InChI is InChI=1S/C28H27ClF3N5O4/c1-27(2)40-15-20(41-27)14-39-19-6-7-23(33-12-19)34-26(38)37-18-8-9-36(13-18)22-11-21(29)24(35-25(22)37)16-4-3-5-17(10-16)28(30,31)32/h3-7,10-12,18,20H,8-9,13-15H2,1-2H3,(H,33,34,38)/t18?,20-/m1/s1. The number of halogens is 4. The molecule has 0 spiro atoms. The number of aromatic nitrogens is 2. The molecule has 2 atom stereocenters. The van der Waals surface area contributed by atoms with Gasteiger partial charge in [-0.15, -0.1) is 0 Å². The second kappa shape index (κ2) is 10.3. The van der Waals surface area contributed by atoms with Crippen molar-refractivity contribution in [3.05, 3.63) is 59.2 Å². The molecule has 2 bridgehead atoms. The zero-order valence-electron chi connectivity index (χ0n) is 22.2. The molecule has 2 fully saturated rings. The molecule has 0 aliphatic carbocycles. The van der Waals surface area contributed by atoms with Crippen molar-refractivity contribution in [2.24, 2.45) is 0 Å². The summed E-state index contributed by atoms with van der Waals surface area (Å²) in [5.41, 5.74) is 0.204. The Morgan fingerprint density at radius 3 is 2.78 bits per heavy atom. The number of pyridine rings is 2. The van der Waals surface area contributed by atoms with E-state index in [0.29, 0.717) is 55.8 Å². The van der Waals surface area contributed by atoms with Crippen LogP contribution in [0.25, 0.3) is 11.3 Å². The van der Waals surface area contributed by atoms with E-state index in [1.165, 1.54) is 23.2 Å². The summed E-state index contributed by atoms with van der Waals surface area (Å²) >= 11 is 6.53. The molecule has 3 aliphatic rings. The van der Waals surface area contributed by atoms with Gasteiger partial charge in [0.1, 0.15) is 24.3 Å². The van der Waals surface area contributed by atoms with Crippen molar-refractivity contribution in [1.82, 2.24) is 9.97 Å². The van der Waals surface area contributed by atoms with E-state index in [4.69, 9.17) is 25.8 Å². The minimum Gasteiger partial charge on any atom is -0.489 e. The third kappa shape index (κ3) is 5.64. The summed E-state index contributed by atoms with van der Waals surface area (Å²) in [4.78, 5) is 26.1. The first-order valence-corrected chi connectivity index (χ1v) is 13.5. The Morgan fingerprint density at radius 1 is 1.24 bits per heavy atom. The van der Waals surface area contributed by atoms with E-state index in [1.807, 2.05) is 13.8 Å². The maximum atomic E-state index is 13.6. The summed E-state index contributed by atoms with van der Waals surface area (Å²) in [6.45, 7) is 5.68. The van der Waals surface area contributed by atoms with E-state index in [-0.39, 0.29) is 28.4 Å². The van der Waals surface area contributed by atoms with Crippen molar-refractivity contribution < 1.29 is 32.2 Å². The number of hydrogen-bond acceptors (Lipinski definition) is 7. The average molecular weight is 590 g/mol. The summed E-state index contributed by atoms with van der Waals surface area (Å²) < 4.78 is 57.1. The quantitative estimate of drug-likeness (QED) is 0.392. The fourth-order valence-corrected chi connectivity index (χ4v) is 5.53. The fraction of sp³-hybridized carbons (Fsp3) is 0.393. The van der Waals surface area contributed by atoms with Crippen LogP contribution in [0.2, 0.25) is 5.02 Å². The molecule has 9 nitrogen and oxygen atoms in total. The third-order valence-electron chi connectivity index (χ3n) is 7.19. The first-order valence-electron chi connectivity index (χ1n) is 13.1. The molecule has 13 heteroatoms. The molecule has 0 saturated carbocycles. The molecule has 2 saturated heterocycles. The number of carbonyl (C=O) groups excluding carboxylic acids is 1. The van der Waals surface area contributed by atoms with Gasteiger partial charge in [-0.1, -0.05) is 23.7 Å². The number of benzene rings is 1. The average Bonchev–Trinajstić information content (AvgIpc) is 3.51. The predicted molar refractivity (Wildman–Crippen MR) is 146 cm³/mol. The van der Waals surface area contributed by atoms with E-state index >= 15 is 0 Å². The highest BCUT2D eigenvalue weighted by atomic mass is 35.5. The first-order chi connectivity index (χ1) is 19.5. The van der Waals surface area contributed by atoms with Gasteiger partial charge in [-0.05, 0) is 50.6 Å². The molecule has 0 radical (unpaired) electrons. The van der Waals surface area contributed by atoms with Crippen molar-refractivity contribution in [3.63, 3.8) is 0 Å². The molecule has 3 aromatic rings. The predicted octanol–water partition coefficient (Wildman–Crippen LogP) is 5.98. The Labute approximate surface area is 239 Å². The lowest BCUT2D eigenvalue weighted by Gasteiger charge is -2.36. The largest absolute Gasteiger partial charge is 0.489 e. The maximum absolute atomic E-state index is 13.6. The van der Waals surface area contributed by atoms with Crippen molar-refractivity contribution >= 4 is 35.0 Å². The highest BCUT2D eigenvalue weighted by molar-refractivity contribution is 6.33. The lowest BCUT2D eigenvalue weighted by molar-refractivity contribution is -0.141. The van der Waals surface area contributed by atoms with Crippen LogP contribution < -0.4 is 19.9 Å². The summed E-state index contributed by atoms with van der Waals surface area (Å²) in [7, 11) is 0. The van der Waals surface area contributed by atoms with E-state index < -0.39 is 23.6 Å². The minimum absolute atomic E-state index is 0.163. The monoisotopic (exact) mass is 589 g/mol. The molecule has 1 N–H and O–H groups in total. The number of carbonyl (C=O) groups is 1. The van der Waals surface area contributed by atoms with Crippen molar-refractivity contribution in [2.75, 3.05) is 41.4 Å². The van der Waals surface area contributed by atoms with Crippen LogP contribution in [0.5, 0.6) is 5.75 Å². The van der Waals surface area contributed by atoms with Gasteiger partial charge >= 0.3 is 12.2 Å². The number of urea groups is 1. The van der Waals surface area contributed by atoms with E-state index in [2.05, 4.69) is 20.2 Å². The number of nitrogens with one attached hydrogen (secondary N) is 1. The smallest absolute Gasteiger partial charge is 0.416 e. The number of hydrogen-bond donors (Lipinski definition) is 1. The molecule has 41 heavy (non-hydrogen) atoms. The van der Waals surface area contributed by atoms with Crippen LogP contribution in [-0.4, -0.2) is 60.2 Å². The zero-order valence-corrected chi connectivity index (χ0v) is 23.0. The molecule has 1 unspecified atom stereocenters. The molecule has 2 aromatic heterocycles. The molecule has 216 valence electrons. The molecule has 5 heterocycles. The zero-order chi connectivity index (χ0) is 28.9. The van der Waals surface area contributed by atoms with Gasteiger partial charge in [-0.25, -0.2) is 14.8 Å². The van der Waals surface area contributed by atoms with Crippen LogP contribution in [0.1, 0.15) is 25.8 Å². The minimum atomic E-state index is -4.52. The number of rotatable bonds is 5. The van der Waals surface area contributed by atoms with Crippen molar-refractivity contribution in [2.45, 2.75) is 44.4 Å². The van der Waals surface area contributed by atoms with Gasteiger partial charge in [0.05, 0.1) is 40.8 Å². The van der Waals surface area contributed by atoms with E-state index in [0.717, 1.165) is 12.1 Å². The summed E-state index contributed by atoms with van der Waals surface area (Å²) in [5, 5.41) is 3.01. The topological polar surface area (TPSA) is 89.1 Å². The summed E-state index contributed by atoms with van der Waals surface area (Å²) in [6.07, 6.45) is -2.51. The van der Waals surface area contributed by atoms with Crippen molar-refractivity contribution in [3.8, 4) is 17.0 Å². The lowest BCUT2D eigenvalue weighted by atomic mass is 10.1. The van der Waals surface area contributed by atoms with Gasteiger partial charge in [0.25, 0.3) is 0 Å². The second-order valence-corrected chi connectivity index (χ2v) is 11.0. The van der Waals surface area contributed by atoms with E-state index in [1.54, 1.807) is 18.2 Å². The third-order valence-corrected chi connectivity index (χ3v) is 7.48. The van der Waals surface area contributed by atoms with Gasteiger partial charge in [0.15, 0.2) is 11.6 Å². The molecule has 6 rings (SSSR count). The normalized spacial score (nSPS) is 21.1. The maximum Gasteiger partial charge on any atom is 0.416 e. The highest BCUT2D eigenvalue weighted by Gasteiger charge is 2.41. The van der Waals surface area contributed by atoms with Crippen LogP contribution in [0.3, 0.4) is 0 Å². The van der Waals surface area contributed by atoms with Gasteiger partial charge in [-0.3, -0.25) is 10.2 Å². The van der Waals surface area contributed by atoms with Crippen LogP contribution in [0.15, 0.2) is 48.7 Å². The Kier molecular flexibility index (Phi) is 6.95. The number of fused-ring (bicyclic) bond motifs is 4. The van der Waals surface area contributed by atoms with Gasteiger partial charge in [0, 0.05) is 18.7 Å². The second-order valence-electron chi connectivity index (χ2n) is 10.6. The number of alkyl halides is 3. The first kappa shape index (κ1) is 27.6. The highest BCUT2D eigenvalue weighted by Crippen LogP contribution is 2.43. The molecule has 2 amide bonds. The number of anilines is 3. The molecular weight excluding hydrogens is 563 g/mol. The summed E-state index contributed by atoms with van der Waals surface area (Å²) in [6, 6.07) is 9.15. The Morgan fingerprint density at radius 2 is 2.07 bits per heavy atom. The lowest BCUT2D eigenvalue weighted by Crippen LogP contribution is -2.48. The Hall–Kier alpha value is -3.61. The Balaban J connectivity index is 1.21. The molecular formula is C28H27ClF3N5O4.